The van der Waals surface area contributed by atoms with Crippen LogP contribution in [0, 0.1) is 11.3 Å². The zero-order chi connectivity index (χ0) is 45.3. The normalized spacial score (nSPS) is 24.6. The minimum atomic E-state index is -4.52. The molecule has 3 aromatic carbocycles. The number of likely N-dealkylation sites (tertiary alicyclic amines) is 1. The van der Waals surface area contributed by atoms with Crippen LogP contribution < -0.4 is 20.1 Å². The first-order valence-corrected chi connectivity index (χ1v) is 24.9. The zero-order valence-corrected chi connectivity index (χ0v) is 38.3. The molecule has 5 aliphatic rings. The number of nitrogens with two attached hydrogens (primary N) is 1. The highest BCUT2D eigenvalue weighted by Gasteiger charge is 2.50. The van der Waals surface area contributed by atoms with Gasteiger partial charge in [-0.25, -0.2) is 22.9 Å². The Morgan fingerprint density at radius 2 is 1.78 bits per heavy atom. The lowest BCUT2D eigenvalue weighted by Crippen LogP contribution is -2.54. The molecule has 2 aromatic heterocycles. The number of sulfonamides is 1. The topological polar surface area (TPSA) is 180 Å². The summed E-state index contributed by atoms with van der Waals surface area (Å²) in [6.07, 6.45) is 13.1. The van der Waals surface area contributed by atoms with Gasteiger partial charge in [0.05, 0.1) is 27.8 Å². The number of pyridine rings is 1. The third-order valence-electron chi connectivity index (χ3n) is 15.3. The van der Waals surface area contributed by atoms with E-state index in [-0.39, 0.29) is 33.4 Å². The number of fused-ring (bicyclic) bond motifs is 2. The van der Waals surface area contributed by atoms with Crippen molar-refractivity contribution in [1.82, 2.24) is 19.6 Å². The predicted octanol–water partition coefficient (Wildman–Crippen LogP) is 9.31. The van der Waals surface area contributed by atoms with Gasteiger partial charge in [0.1, 0.15) is 23.3 Å². The molecule has 14 heteroatoms. The number of nitrogens with one attached hydrogen (secondary N) is 2. The lowest BCUT2D eigenvalue weighted by atomic mass is 9.59. The number of hydrogen-bond donors (Lipinski definition) is 4. The molecule has 1 spiro atoms. The molecule has 5 aromatic rings. The van der Waals surface area contributed by atoms with E-state index in [2.05, 4.69) is 62.6 Å². The van der Waals surface area contributed by atoms with E-state index >= 15 is 0 Å². The first kappa shape index (κ1) is 43.5. The number of nitrogens with zero attached hydrogens (tertiary/aromatic N) is 3. The summed E-state index contributed by atoms with van der Waals surface area (Å²) in [6.45, 7) is 9.29. The highest BCUT2D eigenvalue weighted by Crippen LogP contribution is 2.54. The van der Waals surface area contributed by atoms with Crippen molar-refractivity contribution in [3.05, 3.63) is 107 Å². The molecule has 0 radical (unpaired) electrons. The summed E-state index contributed by atoms with van der Waals surface area (Å²) in [5, 5.41) is 11.2. The number of anilines is 2. The van der Waals surface area contributed by atoms with E-state index in [9.17, 15) is 23.1 Å². The SMILES string of the molecule is CC(C)c1ccccc1[C@@H]1CCCN1C1CC2(CCN(c3ccc(C(=O)NS(=O)(=O)c4cc(N)c5c(c4)C(=O)OC5CC4CCC(C)(O)CC4)c(Oc4cnc5[nH]ccc5c4)c3)CC2)C1. The van der Waals surface area contributed by atoms with E-state index in [1.165, 1.54) is 48.9 Å². The number of H-pyrrole nitrogens is 1. The molecule has 1 amide bonds. The molecule has 2 saturated carbocycles. The molecule has 2 saturated heterocycles. The number of carbonyl (C=O) groups excluding carboxylic acids is 2. The molecular formula is C51H60N6O7S. The van der Waals surface area contributed by atoms with Crippen LogP contribution in [0.1, 0.15) is 147 Å². The fourth-order valence-corrected chi connectivity index (χ4v) is 12.7. The summed E-state index contributed by atoms with van der Waals surface area (Å²) in [6, 6.07) is 21.5. The third kappa shape index (κ3) is 8.49. The van der Waals surface area contributed by atoms with Gasteiger partial charge in [-0.3, -0.25) is 9.69 Å². The van der Waals surface area contributed by atoms with Crippen molar-refractivity contribution in [3.8, 4) is 11.5 Å². The average molecular weight is 901 g/mol. The average Bonchev–Trinajstić information content (AvgIpc) is 4.02. The number of ether oxygens (including phenoxy) is 2. The maximum absolute atomic E-state index is 14.1. The van der Waals surface area contributed by atoms with Crippen molar-refractivity contribution in [2.75, 3.05) is 30.3 Å². The van der Waals surface area contributed by atoms with Crippen LogP contribution in [0.4, 0.5) is 11.4 Å². The number of esters is 1. The van der Waals surface area contributed by atoms with Crippen LogP contribution in [-0.2, 0) is 14.8 Å². The van der Waals surface area contributed by atoms with E-state index in [1.807, 2.05) is 31.2 Å². The van der Waals surface area contributed by atoms with Crippen LogP contribution >= 0.6 is 0 Å². The lowest BCUT2D eigenvalue weighted by Gasteiger charge is -2.56. The maximum atomic E-state index is 14.1. The molecular weight excluding hydrogens is 841 g/mol. The second-order valence-corrected chi connectivity index (χ2v) is 21.8. The van der Waals surface area contributed by atoms with Crippen molar-refractivity contribution >= 4 is 44.3 Å². The largest absolute Gasteiger partial charge is 0.455 e. The monoisotopic (exact) mass is 900 g/mol. The van der Waals surface area contributed by atoms with Crippen LogP contribution in [0.25, 0.3) is 11.0 Å². The van der Waals surface area contributed by atoms with Gasteiger partial charge in [-0.1, -0.05) is 38.1 Å². The number of amides is 1. The third-order valence-corrected chi connectivity index (χ3v) is 16.6. The van der Waals surface area contributed by atoms with Gasteiger partial charge in [0.25, 0.3) is 15.9 Å². The van der Waals surface area contributed by atoms with Gasteiger partial charge in [0.15, 0.2) is 0 Å². The molecule has 2 atom stereocenters. The van der Waals surface area contributed by atoms with Crippen molar-refractivity contribution in [3.63, 3.8) is 0 Å². The Morgan fingerprint density at radius 3 is 2.55 bits per heavy atom. The number of carbonyl (C=O) groups is 2. The molecule has 0 bridgehead atoms. The Labute approximate surface area is 381 Å². The van der Waals surface area contributed by atoms with Gasteiger partial charge in [-0.2, -0.15) is 0 Å². The van der Waals surface area contributed by atoms with Gasteiger partial charge in [-0.15, -0.1) is 0 Å². The number of benzene rings is 3. The summed E-state index contributed by atoms with van der Waals surface area (Å²) in [5.74, 6) is -0.270. The second kappa shape index (κ2) is 16.8. The highest BCUT2D eigenvalue weighted by atomic mass is 32.2. The second-order valence-electron chi connectivity index (χ2n) is 20.1. The minimum Gasteiger partial charge on any atom is -0.455 e. The number of aliphatic hydroxyl groups is 1. The maximum Gasteiger partial charge on any atom is 0.339 e. The number of aromatic amines is 1. The van der Waals surface area contributed by atoms with Crippen LogP contribution in [0.3, 0.4) is 0 Å². The van der Waals surface area contributed by atoms with Crippen LogP contribution in [0.5, 0.6) is 11.5 Å². The van der Waals surface area contributed by atoms with Gasteiger partial charge in [0, 0.05) is 59.8 Å². The molecule has 1 unspecified atom stereocenters. The molecule has 13 nitrogen and oxygen atoms in total. The summed E-state index contributed by atoms with van der Waals surface area (Å²) >= 11 is 0. The van der Waals surface area contributed by atoms with E-state index in [4.69, 9.17) is 15.2 Å². The minimum absolute atomic E-state index is 0.0149. The molecule has 10 rings (SSSR count). The first-order valence-electron chi connectivity index (χ1n) is 23.4. The number of piperidine rings is 1. The summed E-state index contributed by atoms with van der Waals surface area (Å²) in [7, 11) is -4.52. The summed E-state index contributed by atoms with van der Waals surface area (Å²) in [4.78, 5) is 39.5. The molecule has 4 fully saturated rings. The molecule has 5 N–H and O–H groups in total. The smallest absolute Gasteiger partial charge is 0.339 e. The van der Waals surface area contributed by atoms with E-state index in [0.717, 1.165) is 56.4 Å². The molecule has 5 heterocycles. The lowest BCUT2D eigenvalue weighted by molar-refractivity contribution is -0.0227. The molecule has 3 aliphatic heterocycles. The standard InChI is InChI=1S/C51H60N6O7S/c1-31(2)38-7-4-5-8-39(38)43-9-6-20-57(43)35-28-51(29-35)17-21-56(22-18-51)34-10-11-40(44(25-34)63-36-24-33-14-19-53-47(33)54-30-36)48(58)55-65(61,62)37-26-41-46(42(52)27-37)45(64-49(41)59)23-32-12-15-50(3,60)16-13-32/h4-5,7-8,10-11,14,19,24-27,30-32,35,43,45,60H,6,9,12-13,15-18,20-23,28-29,52H2,1-3H3,(H,53,54)(H,55,58)/t32?,43-,45?,50?/m0/s1. The molecule has 2 aliphatic carbocycles. The number of rotatable bonds is 11. The molecule has 65 heavy (non-hydrogen) atoms. The van der Waals surface area contributed by atoms with Gasteiger partial charge in [0.2, 0.25) is 0 Å². The number of aromatic nitrogens is 2. The fraction of sp³-hybridized carbons (Fsp3) is 0.471. The van der Waals surface area contributed by atoms with Crippen LogP contribution in [0.2, 0.25) is 0 Å². The number of hydrogen-bond acceptors (Lipinski definition) is 11. The fourth-order valence-electron chi connectivity index (χ4n) is 11.6. The van der Waals surface area contributed by atoms with Crippen molar-refractivity contribution in [2.45, 2.75) is 126 Å². The number of cyclic esters (lactones) is 1. The highest BCUT2D eigenvalue weighted by molar-refractivity contribution is 7.90. The molecule has 342 valence electrons. The first-order chi connectivity index (χ1) is 31.1. The Kier molecular flexibility index (Phi) is 11.2. The van der Waals surface area contributed by atoms with E-state index in [0.29, 0.717) is 59.6 Å². The Morgan fingerprint density at radius 1 is 1.02 bits per heavy atom. The summed E-state index contributed by atoms with van der Waals surface area (Å²) < 4.78 is 42.2. The van der Waals surface area contributed by atoms with E-state index < -0.39 is 33.6 Å². The van der Waals surface area contributed by atoms with E-state index in [1.54, 1.807) is 18.5 Å². The summed E-state index contributed by atoms with van der Waals surface area (Å²) in [5.41, 5.74) is 11.3. The van der Waals surface area contributed by atoms with Crippen molar-refractivity contribution < 1.29 is 32.6 Å². The number of nitrogen functional groups attached to an aromatic ring is 1. The quantitative estimate of drug-likeness (QED) is 0.0733. The zero-order valence-electron chi connectivity index (χ0n) is 37.5. The van der Waals surface area contributed by atoms with Crippen LogP contribution in [0.15, 0.2) is 84.0 Å². The van der Waals surface area contributed by atoms with Crippen molar-refractivity contribution in [1.29, 1.82) is 0 Å². The van der Waals surface area contributed by atoms with Crippen LogP contribution in [-0.4, -0.2) is 71.5 Å². The van der Waals surface area contributed by atoms with Gasteiger partial charge >= 0.3 is 5.97 Å². The Bertz CT molecular complexity index is 2740. The van der Waals surface area contributed by atoms with Gasteiger partial charge < -0.3 is 30.2 Å². The predicted molar refractivity (Wildman–Crippen MR) is 250 cm³/mol. The Balaban J connectivity index is 0.847. The van der Waals surface area contributed by atoms with Crippen molar-refractivity contribution in [2.24, 2.45) is 11.3 Å². The van der Waals surface area contributed by atoms with Gasteiger partial charge in [-0.05, 0) is 149 Å². The Hall–Kier alpha value is -5.44.